The average molecular weight is 279 g/mol. The van der Waals surface area contributed by atoms with E-state index in [0.29, 0.717) is 11.3 Å². The number of anilines is 1. The number of halogens is 2. The largest absolute Gasteiger partial charge is 0.324 e. The number of amides is 1. The molecule has 0 aliphatic rings. The van der Waals surface area contributed by atoms with E-state index in [1.807, 2.05) is 6.07 Å². The summed E-state index contributed by atoms with van der Waals surface area (Å²) in [5.41, 5.74) is 6.94. The van der Waals surface area contributed by atoms with Gasteiger partial charge in [-0.3, -0.25) is 4.79 Å². The van der Waals surface area contributed by atoms with Crippen LogP contribution in [0.2, 0.25) is 5.02 Å². The Bertz CT molecular complexity index is 589. The summed E-state index contributed by atoms with van der Waals surface area (Å²) in [6.45, 7) is 0. The van der Waals surface area contributed by atoms with E-state index in [1.54, 1.807) is 24.3 Å². The maximum Gasteiger partial charge on any atom is 0.245 e. The Morgan fingerprint density at radius 3 is 2.53 bits per heavy atom. The van der Waals surface area contributed by atoms with Crippen molar-refractivity contribution in [2.45, 2.75) is 6.04 Å². The van der Waals surface area contributed by atoms with Crippen molar-refractivity contribution in [2.24, 2.45) is 5.73 Å². The second kappa shape index (κ2) is 5.82. The lowest BCUT2D eigenvalue weighted by Crippen LogP contribution is -2.27. The number of carbonyl (C=O) groups is 1. The number of nitrogens with two attached hydrogens (primary N) is 1. The molecule has 3 nitrogen and oxygen atoms in total. The first-order valence-electron chi connectivity index (χ1n) is 5.64. The van der Waals surface area contributed by atoms with E-state index >= 15 is 0 Å². The average Bonchev–Trinajstić information content (AvgIpc) is 2.43. The molecule has 0 heterocycles. The van der Waals surface area contributed by atoms with Crippen LogP contribution in [0.15, 0.2) is 48.5 Å². The Balaban J connectivity index is 2.10. The quantitative estimate of drug-likeness (QED) is 0.906. The molecule has 2 rings (SSSR count). The van der Waals surface area contributed by atoms with Gasteiger partial charge < -0.3 is 11.1 Å². The summed E-state index contributed by atoms with van der Waals surface area (Å²) in [5, 5.41) is 2.54. The van der Waals surface area contributed by atoms with Crippen LogP contribution in [-0.2, 0) is 4.79 Å². The number of rotatable bonds is 3. The first kappa shape index (κ1) is 13.5. The maximum absolute atomic E-state index is 13.0. The van der Waals surface area contributed by atoms with Crippen molar-refractivity contribution in [3.8, 4) is 0 Å². The number of carbonyl (C=O) groups excluding carboxylic acids is 1. The number of hydrogen-bond donors (Lipinski definition) is 2. The monoisotopic (exact) mass is 278 g/mol. The van der Waals surface area contributed by atoms with Crippen LogP contribution >= 0.6 is 11.6 Å². The molecule has 0 saturated carbocycles. The predicted molar refractivity (Wildman–Crippen MR) is 73.4 cm³/mol. The van der Waals surface area contributed by atoms with Crippen molar-refractivity contribution in [2.75, 3.05) is 5.32 Å². The Labute approximate surface area is 115 Å². The molecule has 0 aliphatic carbocycles. The summed E-state index contributed by atoms with van der Waals surface area (Å²) in [6.07, 6.45) is 0. The van der Waals surface area contributed by atoms with E-state index in [1.165, 1.54) is 18.2 Å². The van der Waals surface area contributed by atoms with Gasteiger partial charge in [-0.25, -0.2) is 4.39 Å². The van der Waals surface area contributed by atoms with Crippen LogP contribution < -0.4 is 11.1 Å². The van der Waals surface area contributed by atoms with Crippen LogP contribution in [0.5, 0.6) is 0 Å². The molecule has 0 fully saturated rings. The molecule has 1 atom stereocenters. The van der Waals surface area contributed by atoms with E-state index in [4.69, 9.17) is 17.3 Å². The van der Waals surface area contributed by atoms with Gasteiger partial charge in [0.1, 0.15) is 11.9 Å². The van der Waals surface area contributed by atoms with Gasteiger partial charge in [-0.05, 0) is 23.8 Å². The van der Waals surface area contributed by atoms with Crippen LogP contribution in [-0.4, -0.2) is 5.91 Å². The molecule has 1 amide bonds. The molecule has 5 heteroatoms. The standard InChI is InChI=1S/C14H12ClFN2O/c15-11-8-10(6-7-12(11)16)18-14(19)13(17)9-4-2-1-3-5-9/h1-8,13H,17H2,(H,18,19)/t13-/m0/s1. The molecule has 2 aromatic rings. The lowest BCUT2D eigenvalue weighted by Gasteiger charge is -2.12. The van der Waals surface area contributed by atoms with Crippen LogP contribution in [0.25, 0.3) is 0 Å². The molecule has 0 saturated heterocycles. The molecule has 0 radical (unpaired) electrons. The molecule has 19 heavy (non-hydrogen) atoms. The number of benzene rings is 2. The van der Waals surface area contributed by atoms with Gasteiger partial charge in [0.25, 0.3) is 0 Å². The minimum Gasteiger partial charge on any atom is -0.324 e. The molecular formula is C14H12ClFN2O. The van der Waals surface area contributed by atoms with Crippen molar-refractivity contribution in [1.29, 1.82) is 0 Å². The lowest BCUT2D eigenvalue weighted by molar-refractivity contribution is -0.117. The zero-order chi connectivity index (χ0) is 13.8. The van der Waals surface area contributed by atoms with Crippen molar-refractivity contribution in [1.82, 2.24) is 0 Å². The summed E-state index contributed by atoms with van der Waals surface area (Å²) in [6, 6.07) is 12.1. The maximum atomic E-state index is 13.0. The van der Waals surface area contributed by atoms with Crippen LogP contribution in [0, 0.1) is 5.82 Å². The molecule has 0 spiro atoms. The first-order valence-corrected chi connectivity index (χ1v) is 6.02. The Kier molecular flexibility index (Phi) is 4.14. The SMILES string of the molecule is N[C@H](C(=O)Nc1ccc(F)c(Cl)c1)c1ccccc1. The fourth-order valence-corrected chi connectivity index (χ4v) is 1.79. The zero-order valence-electron chi connectivity index (χ0n) is 9.94. The third-order valence-electron chi connectivity index (χ3n) is 2.63. The third kappa shape index (κ3) is 3.30. The molecule has 0 aromatic heterocycles. The number of nitrogens with one attached hydrogen (secondary N) is 1. The van der Waals surface area contributed by atoms with Gasteiger partial charge in [0, 0.05) is 5.69 Å². The first-order chi connectivity index (χ1) is 9.08. The zero-order valence-corrected chi connectivity index (χ0v) is 10.7. The fraction of sp³-hybridized carbons (Fsp3) is 0.0714. The van der Waals surface area contributed by atoms with Gasteiger partial charge in [-0.1, -0.05) is 41.9 Å². The molecule has 0 bridgehead atoms. The van der Waals surface area contributed by atoms with Crippen molar-refractivity contribution in [3.05, 3.63) is 64.9 Å². The highest BCUT2D eigenvalue weighted by Crippen LogP contribution is 2.20. The topological polar surface area (TPSA) is 55.1 Å². The summed E-state index contributed by atoms with van der Waals surface area (Å²) in [7, 11) is 0. The van der Waals surface area contributed by atoms with Gasteiger partial charge in [0.2, 0.25) is 5.91 Å². The fourth-order valence-electron chi connectivity index (χ4n) is 1.61. The molecule has 0 aliphatic heterocycles. The molecule has 0 unspecified atom stereocenters. The third-order valence-corrected chi connectivity index (χ3v) is 2.92. The van der Waals surface area contributed by atoms with Crippen LogP contribution in [0.3, 0.4) is 0 Å². The molecule has 98 valence electrons. The second-order valence-corrected chi connectivity index (χ2v) is 4.41. The Hall–Kier alpha value is -1.91. The molecular weight excluding hydrogens is 267 g/mol. The van der Waals surface area contributed by atoms with E-state index in [0.717, 1.165) is 0 Å². The van der Waals surface area contributed by atoms with Gasteiger partial charge >= 0.3 is 0 Å². The van der Waals surface area contributed by atoms with Crippen LogP contribution in [0.1, 0.15) is 11.6 Å². The predicted octanol–water partition coefficient (Wildman–Crippen LogP) is 3.12. The highest BCUT2D eigenvalue weighted by molar-refractivity contribution is 6.31. The summed E-state index contributed by atoms with van der Waals surface area (Å²) >= 11 is 5.64. The van der Waals surface area contributed by atoms with E-state index in [9.17, 15) is 9.18 Å². The normalized spacial score (nSPS) is 11.9. The summed E-state index contributed by atoms with van der Waals surface area (Å²) in [4.78, 5) is 11.9. The minimum absolute atomic E-state index is 0.0499. The number of hydrogen-bond acceptors (Lipinski definition) is 2. The van der Waals surface area contributed by atoms with E-state index < -0.39 is 11.9 Å². The van der Waals surface area contributed by atoms with Gasteiger partial charge in [-0.2, -0.15) is 0 Å². The highest BCUT2D eigenvalue weighted by Gasteiger charge is 2.15. The second-order valence-electron chi connectivity index (χ2n) is 4.01. The Morgan fingerprint density at radius 1 is 1.21 bits per heavy atom. The minimum atomic E-state index is -0.787. The highest BCUT2D eigenvalue weighted by atomic mass is 35.5. The van der Waals surface area contributed by atoms with E-state index in [-0.39, 0.29) is 10.9 Å². The van der Waals surface area contributed by atoms with Crippen molar-refractivity contribution in [3.63, 3.8) is 0 Å². The van der Waals surface area contributed by atoms with Crippen molar-refractivity contribution < 1.29 is 9.18 Å². The summed E-state index contributed by atoms with van der Waals surface area (Å²) < 4.78 is 13.0. The molecule has 3 N–H and O–H groups in total. The molecule has 2 aromatic carbocycles. The van der Waals surface area contributed by atoms with Crippen LogP contribution in [0.4, 0.5) is 10.1 Å². The lowest BCUT2D eigenvalue weighted by atomic mass is 10.1. The van der Waals surface area contributed by atoms with Gasteiger partial charge in [-0.15, -0.1) is 0 Å². The van der Waals surface area contributed by atoms with E-state index in [2.05, 4.69) is 5.32 Å². The Morgan fingerprint density at radius 2 is 1.89 bits per heavy atom. The van der Waals surface area contributed by atoms with Crippen molar-refractivity contribution >= 4 is 23.2 Å². The smallest absolute Gasteiger partial charge is 0.245 e. The van der Waals surface area contributed by atoms with Gasteiger partial charge in [0.15, 0.2) is 0 Å². The van der Waals surface area contributed by atoms with Gasteiger partial charge in [0.05, 0.1) is 5.02 Å². The summed E-state index contributed by atoms with van der Waals surface area (Å²) in [5.74, 6) is -0.916.